The molecule has 6 nitrogen and oxygen atoms in total. The first-order chi connectivity index (χ1) is 15.8. The van der Waals surface area contributed by atoms with Crippen LogP contribution in [0, 0.1) is 6.92 Å². The summed E-state index contributed by atoms with van der Waals surface area (Å²) in [5.74, 6) is -0.0715. The molecule has 8 heteroatoms. The van der Waals surface area contributed by atoms with Crippen LogP contribution in [-0.2, 0) is 6.54 Å². The van der Waals surface area contributed by atoms with Gasteiger partial charge in [-0.2, -0.15) is 0 Å². The maximum atomic E-state index is 13.4. The number of rotatable bonds is 4. The second-order valence-corrected chi connectivity index (χ2v) is 10.3. The lowest BCUT2D eigenvalue weighted by molar-refractivity contribution is 0.102. The van der Waals surface area contributed by atoms with Gasteiger partial charge in [-0.15, -0.1) is 11.3 Å². The number of fused-ring (bicyclic) bond motifs is 2. The van der Waals surface area contributed by atoms with E-state index in [-0.39, 0.29) is 12.1 Å². The summed E-state index contributed by atoms with van der Waals surface area (Å²) in [6.07, 6.45) is 9.87. The highest BCUT2D eigenvalue weighted by atomic mass is 35.5. The Hall–Kier alpha value is -2.74. The van der Waals surface area contributed by atoms with Gasteiger partial charge in [0.1, 0.15) is 6.17 Å². The molecule has 3 heterocycles. The predicted octanol–water partition coefficient (Wildman–Crippen LogP) is 5.41. The lowest BCUT2D eigenvalue weighted by atomic mass is 9.95. The highest BCUT2D eigenvalue weighted by Gasteiger charge is 2.30. The predicted molar refractivity (Wildman–Crippen MR) is 137 cm³/mol. The van der Waals surface area contributed by atoms with Crippen LogP contribution in [0.25, 0.3) is 6.08 Å². The molecule has 2 aliphatic heterocycles. The third kappa shape index (κ3) is 3.94. The Morgan fingerprint density at radius 3 is 2.76 bits per heavy atom. The van der Waals surface area contributed by atoms with E-state index in [9.17, 15) is 4.79 Å². The molecule has 1 aromatic carbocycles. The second-order valence-electron chi connectivity index (χ2n) is 8.81. The van der Waals surface area contributed by atoms with Crippen molar-refractivity contribution in [3.63, 3.8) is 0 Å². The maximum absolute atomic E-state index is 13.4. The van der Waals surface area contributed by atoms with E-state index in [4.69, 9.17) is 11.6 Å². The van der Waals surface area contributed by atoms with Crippen LogP contribution in [0.5, 0.6) is 0 Å². The summed E-state index contributed by atoms with van der Waals surface area (Å²) in [5, 5.41) is 13.9. The van der Waals surface area contributed by atoms with Crippen LogP contribution < -0.4 is 15.6 Å². The Labute approximate surface area is 203 Å². The molecule has 2 N–H and O–H groups in total. The minimum atomic E-state index is -0.0715. The zero-order valence-corrected chi connectivity index (χ0v) is 20.8. The first kappa shape index (κ1) is 22.1. The number of hydrogen-bond acceptors (Lipinski definition) is 6. The fourth-order valence-electron chi connectivity index (χ4n) is 4.60. The molecule has 1 atom stereocenters. The van der Waals surface area contributed by atoms with Gasteiger partial charge in [0.2, 0.25) is 0 Å². The Balaban J connectivity index is 1.46. The van der Waals surface area contributed by atoms with E-state index in [1.807, 2.05) is 32.5 Å². The van der Waals surface area contributed by atoms with E-state index >= 15 is 0 Å². The van der Waals surface area contributed by atoms with Gasteiger partial charge >= 0.3 is 0 Å². The largest absolute Gasteiger partial charge is 0.365 e. The lowest BCUT2D eigenvalue weighted by Gasteiger charge is -2.35. The molecule has 1 unspecified atom stereocenters. The summed E-state index contributed by atoms with van der Waals surface area (Å²) in [6.45, 7) is 2.88. The van der Waals surface area contributed by atoms with Gasteiger partial charge < -0.3 is 20.5 Å². The number of nitrogens with zero attached hydrogens (tertiary/aromatic N) is 3. The van der Waals surface area contributed by atoms with Crippen molar-refractivity contribution >= 4 is 46.3 Å². The van der Waals surface area contributed by atoms with E-state index < -0.39 is 0 Å². The quantitative estimate of drug-likeness (QED) is 0.611. The summed E-state index contributed by atoms with van der Waals surface area (Å²) in [6, 6.07) is 4.23. The zero-order valence-electron chi connectivity index (χ0n) is 19.3. The van der Waals surface area contributed by atoms with Crippen molar-refractivity contribution in [2.24, 2.45) is 0 Å². The standard InChI is InChI=1S/C25H28ClN5OS/c1-15-5-10-19-18(11-12-29(2)24(19)27-17-8-6-16(26)7-9-17)22(15)28-25(32)20-14-33-21-13-30(3)31(4)23(20)21/h5-6,8,10-12,14,24,27H,7,9,13H2,1-4H3,(H,28,32). The Kier molecular flexibility index (Phi) is 5.72. The average molecular weight is 482 g/mol. The number of carbonyl (C=O) groups is 1. The fraction of sp³-hybridized carbons (Fsp3) is 0.320. The molecular weight excluding hydrogens is 454 g/mol. The monoisotopic (exact) mass is 481 g/mol. The first-order valence-electron chi connectivity index (χ1n) is 11.1. The van der Waals surface area contributed by atoms with Gasteiger partial charge in [-0.05, 0) is 43.6 Å². The Bertz CT molecular complexity index is 1210. The molecular formula is C25H28ClN5OS. The third-order valence-corrected chi connectivity index (χ3v) is 7.89. The topological polar surface area (TPSA) is 50.9 Å². The van der Waals surface area contributed by atoms with Crippen molar-refractivity contribution in [1.82, 2.24) is 15.2 Å². The van der Waals surface area contributed by atoms with E-state index in [0.29, 0.717) is 0 Å². The van der Waals surface area contributed by atoms with E-state index in [0.717, 1.165) is 63.7 Å². The van der Waals surface area contributed by atoms with Crippen LogP contribution in [0.1, 0.15) is 50.9 Å². The number of amides is 1. The fourth-order valence-corrected chi connectivity index (χ4v) is 5.85. The molecule has 3 aliphatic rings. The van der Waals surface area contributed by atoms with Crippen molar-refractivity contribution in [3.05, 3.63) is 73.7 Å². The lowest BCUT2D eigenvalue weighted by Crippen LogP contribution is -2.35. The normalized spacial score (nSPS) is 19.7. The average Bonchev–Trinajstić information content (AvgIpc) is 3.33. The number of anilines is 2. The number of aryl methyl sites for hydroxylation is 1. The number of hydrazine groups is 1. The number of benzene rings is 1. The van der Waals surface area contributed by atoms with Gasteiger partial charge in [-0.1, -0.05) is 23.7 Å². The minimum Gasteiger partial charge on any atom is -0.365 e. The summed E-state index contributed by atoms with van der Waals surface area (Å²) in [7, 11) is 6.09. The number of hydrogen-bond donors (Lipinski definition) is 2. The maximum Gasteiger partial charge on any atom is 0.258 e. The van der Waals surface area contributed by atoms with Crippen molar-refractivity contribution in [2.45, 2.75) is 32.5 Å². The highest BCUT2D eigenvalue weighted by Crippen LogP contribution is 2.40. The summed E-state index contributed by atoms with van der Waals surface area (Å²) in [4.78, 5) is 16.8. The van der Waals surface area contributed by atoms with Gasteiger partial charge in [0.25, 0.3) is 5.91 Å². The molecule has 0 saturated heterocycles. The summed E-state index contributed by atoms with van der Waals surface area (Å²) in [5.41, 5.74) is 6.97. The van der Waals surface area contributed by atoms with Gasteiger partial charge in [-0.25, -0.2) is 5.01 Å². The van der Waals surface area contributed by atoms with Crippen molar-refractivity contribution in [3.8, 4) is 0 Å². The summed E-state index contributed by atoms with van der Waals surface area (Å²) >= 11 is 7.78. The van der Waals surface area contributed by atoms with Gasteiger partial charge in [0, 0.05) is 59.5 Å². The van der Waals surface area contributed by atoms with E-state index in [1.54, 1.807) is 11.3 Å². The van der Waals surface area contributed by atoms with E-state index in [2.05, 4.69) is 63.1 Å². The van der Waals surface area contributed by atoms with Crippen LogP contribution in [0.2, 0.25) is 0 Å². The Morgan fingerprint density at radius 2 is 2.00 bits per heavy atom. The van der Waals surface area contributed by atoms with Gasteiger partial charge in [0.15, 0.2) is 0 Å². The first-order valence-corrected chi connectivity index (χ1v) is 12.3. The molecule has 2 aromatic rings. The third-order valence-electron chi connectivity index (χ3n) is 6.62. The smallest absolute Gasteiger partial charge is 0.258 e. The summed E-state index contributed by atoms with van der Waals surface area (Å²) < 4.78 is 0. The molecule has 0 radical (unpaired) electrons. The molecule has 33 heavy (non-hydrogen) atoms. The molecule has 0 bridgehead atoms. The SMILES string of the molecule is Cc1ccc2c(c1NC(=O)c1csc3c1N(C)N(C)C3)C=CN(C)C2NC1=CC=C(Cl)CC1. The van der Waals surface area contributed by atoms with Crippen molar-refractivity contribution < 1.29 is 4.79 Å². The van der Waals surface area contributed by atoms with Crippen molar-refractivity contribution in [2.75, 3.05) is 31.5 Å². The molecule has 5 rings (SSSR count). The zero-order chi connectivity index (χ0) is 23.3. The number of halogens is 1. The molecule has 1 aliphatic carbocycles. The van der Waals surface area contributed by atoms with Crippen LogP contribution in [-0.4, -0.2) is 37.0 Å². The van der Waals surface area contributed by atoms with Crippen LogP contribution in [0.4, 0.5) is 11.4 Å². The van der Waals surface area contributed by atoms with Gasteiger partial charge in [-0.3, -0.25) is 4.79 Å². The van der Waals surface area contributed by atoms with E-state index in [1.165, 1.54) is 4.88 Å². The van der Waals surface area contributed by atoms with Crippen molar-refractivity contribution in [1.29, 1.82) is 0 Å². The van der Waals surface area contributed by atoms with Crippen LogP contribution in [0.15, 0.2) is 46.6 Å². The number of nitrogens with one attached hydrogen (secondary N) is 2. The minimum absolute atomic E-state index is 0.0250. The number of allylic oxidation sites excluding steroid dienone is 4. The molecule has 1 amide bonds. The molecule has 172 valence electrons. The second kappa shape index (κ2) is 8.56. The van der Waals surface area contributed by atoms with Crippen LogP contribution in [0.3, 0.4) is 0 Å². The number of thiophene rings is 1. The molecule has 0 spiro atoms. The highest BCUT2D eigenvalue weighted by molar-refractivity contribution is 7.11. The van der Waals surface area contributed by atoms with Crippen LogP contribution >= 0.6 is 22.9 Å². The van der Waals surface area contributed by atoms with Gasteiger partial charge in [0.05, 0.1) is 23.5 Å². The number of carbonyl (C=O) groups excluding carboxylic acids is 1. The molecule has 0 fully saturated rings. The molecule has 0 saturated carbocycles. The Morgan fingerprint density at radius 1 is 1.18 bits per heavy atom. The molecule has 1 aromatic heterocycles.